The molecule has 2 aromatic heterocycles. The van der Waals surface area contributed by atoms with Gasteiger partial charge in [0.05, 0.1) is 4.70 Å². The largest absolute Gasteiger partial charge is 0.490 e. The molecule has 0 aliphatic rings. The summed E-state index contributed by atoms with van der Waals surface area (Å²) >= 11 is 1.65. The standard InChI is InChI=1S/C14H13N3OS/c15-6-9-18-11-2-1-3-12-13(11)17-14(19-12)10-4-7-16-8-5-10/h1-5,7-8H,6,9,15H2. The third-order valence-electron chi connectivity index (χ3n) is 2.68. The van der Waals surface area contributed by atoms with E-state index < -0.39 is 0 Å². The van der Waals surface area contributed by atoms with E-state index in [1.165, 1.54) is 0 Å². The molecule has 4 nitrogen and oxygen atoms in total. The van der Waals surface area contributed by atoms with Gasteiger partial charge in [-0.3, -0.25) is 4.98 Å². The Morgan fingerprint density at radius 3 is 2.79 bits per heavy atom. The minimum atomic E-state index is 0.498. The molecular formula is C14H13N3OS. The third kappa shape index (κ3) is 2.43. The van der Waals surface area contributed by atoms with Crippen molar-refractivity contribution >= 4 is 21.6 Å². The van der Waals surface area contributed by atoms with Crippen LogP contribution >= 0.6 is 11.3 Å². The van der Waals surface area contributed by atoms with Crippen molar-refractivity contribution in [1.29, 1.82) is 0 Å². The number of pyridine rings is 1. The fourth-order valence-corrected chi connectivity index (χ4v) is 2.82. The Labute approximate surface area is 114 Å². The lowest BCUT2D eigenvalue weighted by molar-refractivity contribution is 0.331. The number of thiazole rings is 1. The molecule has 0 aliphatic heterocycles. The summed E-state index contributed by atoms with van der Waals surface area (Å²) in [5.41, 5.74) is 7.43. The van der Waals surface area contributed by atoms with Crippen LogP contribution in [0, 0.1) is 0 Å². The number of nitrogens with zero attached hydrogens (tertiary/aromatic N) is 2. The molecule has 0 saturated carbocycles. The van der Waals surface area contributed by atoms with E-state index >= 15 is 0 Å². The van der Waals surface area contributed by atoms with Crippen LogP contribution in [0.4, 0.5) is 0 Å². The second-order valence-corrected chi connectivity index (χ2v) is 5.03. The highest BCUT2D eigenvalue weighted by Gasteiger charge is 2.10. The van der Waals surface area contributed by atoms with Gasteiger partial charge in [-0.15, -0.1) is 11.3 Å². The highest BCUT2D eigenvalue weighted by atomic mass is 32.1. The van der Waals surface area contributed by atoms with Crippen molar-refractivity contribution in [3.63, 3.8) is 0 Å². The lowest BCUT2D eigenvalue weighted by Gasteiger charge is -2.03. The first-order chi connectivity index (χ1) is 9.38. The SMILES string of the molecule is NCCOc1cccc2sc(-c3ccncc3)nc12. The lowest BCUT2D eigenvalue weighted by Crippen LogP contribution is -2.10. The molecule has 96 valence electrons. The van der Waals surface area contributed by atoms with Crippen molar-refractivity contribution in [2.45, 2.75) is 0 Å². The minimum absolute atomic E-state index is 0.498. The van der Waals surface area contributed by atoms with Gasteiger partial charge < -0.3 is 10.5 Å². The molecule has 0 radical (unpaired) electrons. The van der Waals surface area contributed by atoms with Gasteiger partial charge in [-0.05, 0) is 24.3 Å². The van der Waals surface area contributed by atoms with Crippen molar-refractivity contribution in [1.82, 2.24) is 9.97 Å². The van der Waals surface area contributed by atoms with E-state index in [9.17, 15) is 0 Å². The van der Waals surface area contributed by atoms with E-state index in [0.717, 1.165) is 26.5 Å². The number of hydrogen-bond acceptors (Lipinski definition) is 5. The van der Waals surface area contributed by atoms with Gasteiger partial charge in [-0.25, -0.2) is 4.98 Å². The van der Waals surface area contributed by atoms with Crippen molar-refractivity contribution in [2.75, 3.05) is 13.2 Å². The van der Waals surface area contributed by atoms with E-state index in [2.05, 4.69) is 9.97 Å². The van der Waals surface area contributed by atoms with Crippen molar-refractivity contribution in [2.24, 2.45) is 5.73 Å². The summed E-state index contributed by atoms with van der Waals surface area (Å²) in [4.78, 5) is 8.68. The highest BCUT2D eigenvalue weighted by Crippen LogP contribution is 2.34. The molecule has 3 aromatic rings. The smallest absolute Gasteiger partial charge is 0.146 e. The van der Waals surface area contributed by atoms with Crippen LogP contribution in [0.5, 0.6) is 5.75 Å². The van der Waals surface area contributed by atoms with Crippen molar-refractivity contribution in [3.8, 4) is 16.3 Å². The first-order valence-corrected chi connectivity index (χ1v) is 6.83. The molecule has 3 rings (SSSR count). The van der Waals surface area contributed by atoms with Crippen molar-refractivity contribution < 1.29 is 4.74 Å². The number of benzene rings is 1. The monoisotopic (exact) mass is 271 g/mol. The Morgan fingerprint density at radius 1 is 1.16 bits per heavy atom. The quantitative estimate of drug-likeness (QED) is 0.792. The topological polar surface area (TPSA) is 61.0 Å². The fourth-order valence-electron chi connectivity index (χ4n) is 1.83. The maximum atomic E-state index is 5.62. The molecule has 19 heavy (non-hydrogen) atoms. The molecule has 2 heterocycles. The van der Waals surface area contributed by atoms with Gasteiger partial charge >= 0.3 is 0 Å². The minimum Gasteiger partial charge on any atom is -0.490 e. The molecule has 1 aromatic carbocycles. The van der Waals surface area contributed by atoms with E-state index in [0.29, 0.717) is 13.2 Å². The zero-order valence-electron chi connectivity index (χ0n) is 10.2. The van der Waals surface area contributed by atoms with E-state index in [-0.39, 0.29) is 0 Å². The van der Waals surface area contributed by atoms with Gasteiger partial charge in [0, 0.05) is 24.5 Å². The van der Waals surface area contributed by atoms with E-state index in [1.54, 1.807) is 23.7 Å². The highest BCUT2D eigenvalue weighted by molar-refractivity contribution is 7.21. The molecule has 0 fully saturated rings. The summed E-state index contributed by atoms with van der Waals surface area (Å²) in [6.07, 6.45) is 3.54. The van der Waals surface area contributed by atoms with E-state index in [4.69, 9.17) is 10.5 Å². The third-order valence-corrected chi connectivity index (χ3v) is 3.75. The summed E-state index contributed by atoms with van der Waals surface area (Å²) in [6, 6.07) is 9.86. The molecule has 0 bridgehead atoms. The first-order valence-electron chi connectivity index (χ1n) is 6.01. The van der Waals surface area contributed by atoms with Crippen LogP contribution in [-0.4, -0.2) is 23.1 Å². The molecule has 5 heteroatoms. The molecule has 0 atom stereocenters. The number of hydrogen-bond donors (Lipinski definition) is 1. The zero-order chi connectivity index (χ0) is 13.1. The Morgan fingerprint density at radius 2 is 2.00 bits per heavy atom. The van der Waals surface area contributed by atoms with Crippen LogP contribution in [0.3, 0.4) is 0 Å². The fraction of sp³-hybridized carbons (Fsp3) is 0.143. The van der Waals surface area contributed by atoms with Crippen LogP contribution < -0.4 is 10.5 Å². The van der Waals surface area contributed by atoms with Gasteiger partial charge in [0.1, 0.15) is 22.9 Å². The second-order valence-electron chi connectivity index (χ2n) is 3.99. The molecule has 0 spiro atoms. The number of para-hydroxylation sites is 1. The predicted octanol–water partition coefficient (Wildman–Crippen LogP) is 2.70. The number of aromatic nitrogens is 2. The molecule has 0 unspecified atom stereocenters. The zero-order valence-corrected chi connectivity index (χ0v) is 11.1. The molecule has 0 saturated heterocycles. The van der Waals surface area contributed by atoms with Gasteiger partial charge in [0.2, 0.25) is 0 Å². The van der Waals surface area contributed by atoms with Crippen LogP contribution in [0.25, 0.3) is 20.8 Å². The average molecular weight is 271 g/mol. The molecule has 0 aliphatic carbocycles. The van der Waals surface area contributed by atoms with Gasteiger partial charge in [-0.2, -0.15) is 0 Å². The Hall–Kier alpha value is -1.98. The molecule has 0 amide bonds. The predicted molar refractivity (Wildman–Crippen MR) is 77.4 cm³/mol. The van der Waals surface area contributed by atoms with Gasteiger partial charge in [0.15, 0.2) is 0 Å². The molecular weight excluding hydrogens is 258 g/mol. The maximum absolute atomic E-state index is 5.62. The van der Waals surface area contributed by atoms with Crippen LogP contribution in [0.15, 0.2) is 42.7 Å². The van der Waals surface area contributed by atoms with E-state index in [1.807, 2.05) is 30.3 Å². The van der Waals surface area contributed by atoms with Crippen LogP contribution in [-0.2, 0) is 0 Å². The summed E-state index contributed by atoms with van der Waals surface area (Å²) in [7, 11) is 0. The Kier molecular flexibility index (Phi) is 3.39. The number of ether oxygens (including phenoxy) is 1. The number of rotatable bonds is 4. The van der Waals surface area contributed by atoms with Gasteiger partial charge in [0.25, 0.3) is 0 Å². The normalized spacial score (nSPS) is 10.8. The Balaban J connectivity index is 2.05. The van der Waals surface area contributed by atoms with Crippen LogP contribution in [0.1, 0.15) is 0 Å². The van der Waals surface area contributed by atoms with Crippen molar-refractivity contribution in [3.05, 3.63) is 42.7 Å². The summed E-state index contributed by atoms with van der Waals surface area (Å²) in [5, 5.41) is 0.973. The number of nitrogens with two attached hydrogens (primary N) is 1. The Bertz CT molecular complexity index is 681. The summed E-state index contributed by atoms with van der Waals surface area (Å²) < 4.78 is 6.74. The molecule has 2 N–H and O–H groups in total. The first kappa shape index (κ1) is 12.1. The summed E-state index contributed by atoms with van der Waals surface area (Å²) in [5.74, 6) is 0.791. The lowest BCUT2D eigenvalue weighted by atomic mass is 10.3. The number of fused-ring (bicyclic) bond motifs is 1. The maximum Gasteiger partial charge on any atom is 0.146 e. The second kappa shape index (κ2) is 5.34. The average Bonchev–Trinajstić information content (AvgIpc) is 2.90. The summed E-state index contributed by atoms with van der Waals surface area (Å²) in [6.45, 7) is 0.999. The van der Waals surface area contributed by atoms with Crippen LogP contribution in [0.2, 0.25) is 0 Å². The van der Waals surface area contributed by atoms with Gasteiger partial charge in [-0.1, -0.05) is 6.07 Å².